The summed E-state index contributed by atoms with van der Waals surface area (Å²) < 4.78 is 55.3. The van der Waals surface area contributed by atoms with Gasteiger partial charge in [-0.15, -0.1) is 0 Å². The fraction of sp³-hybridized carbons (Fsp3) is 0.706. The molecule has 2 aliphatic rings. The number of hydrogen-bond acceptors (Lipinski definition) is 18. The number of anilines is 1. The lowest BCUT2D eigenvalue weighted by Crippen LogP contribution is -2.60. The number of phosphoric ester groups is 1. The zero-order valence-electron chi connectivity index (χ0n) is 19.9. The number of phosphoric acid groups is 1. The van der Waals surface area contributed by atoms with Gasteiger partial charge in [-0.3, -0.25) is 4.52 Å². The maximum Gasteiger partial charge on any atom is 0.481 e. The van der Waals surface area contributed by atoms with Crippen molar-refractivity contribution in [2.45, 2.75) is 61.2 Å². The summed E-state index contributed by atoms with van der Waals surface area (Å²) in [7, 11) is -5.45. The number of aliphatic hydroxyl groups is 5. The van der Waals surface area contributed by atoms with E-state index in [0.29, 0.717) is 15.9 Å². The van der Waals surface area contributed by atoms with Gasteiger partial charge in [-0.05, 0) is 23.3 Å². The number of nitrogen functional groups attached to an aromatic ring is 1. The minimum Gasteiger partial charge on any atom is -0.393 e. The van der Waals surface area contributed by atoms with Crippen molar-refractivity contribution in [2.24, 2.45) is 5.73 Å². The minimum atomic E-state index is -5.45. The molecule has 4 heterocycles. The Bertz CT molecular complexity index is 1300. The lowest BCUT2D eigenvalue weighted by Gasteiger charge is -2.41. The van der Waals surface area contributed by atoms with E-state index in [1.807, 2.05) is 0 Å². The second-order valence-corrected chi connectivity index (χ2v) is 13.9. The largest absolute Gasteiger partial charge is 0.481 e. The highest BCUT2D eigenvalue weighted by molar-refractivity contribution is 8.08. The van der Waals surface area contributed by atoms with E-state index in [1.54, 1.807) is 0 Å². The number of rotatable bonds is 10. The van der Waals surface area contributed by atoms with Crippen molar-refractivity contribution in [2.75, 3.05) is 18.9 Å². The number of aliphatic hydroxyl groups excluding tert-OH is 5. The third-order valence-corrected chi connectivity index (χ3v) is 10.4. The molecular formula is C17H26FN5O13P2S2. The van der Waals surface area contributed by atoms with Gasteiger partial charge in [0.15, 0.2) is 18.3 Å². The Kier molecular flexibility index (Phi) is 9.87. The van der Waals surface area contributed by atoms with Gasteiger partial charge < -0.3 is 60.8 Å². The molecule has 0 spiro atoms. The van der Waals surface area contributed by atoms with E-state index in [9.17, 15) is 39.2 Å². The van der Waals surface area contributed by atoms with Gasteiger partial charge in [-0.1, -0.05) is 0 Å². The summed E-state index contributed by atoms with van der Waals surface area (Å²) in [5, 5.41) is 49.3. The molecule has 2 saturated heterocycles. The van der Waals surface area contributed by atoms with Gasteiger partial charge in [-0.2, -0.15) is 4.37 Å². The van der Waals surface area contributed by atoms with Crippen molar-refractivity contribution in [3.63, 3.8) is 0 Å². The van der Waals surface area contributed by atoms with Crippen LogP contribution in [0.5, 0.6) is 0 Å². The zero-order chi connectivity index (χ0) is 29.6. The average Bonchev–Trinajstić information content (AvgIpc) is 3.43. The molecule has 11 N–H and O–H groups in total. The van der Waals surface area contributed by atoms with Crippen LogP contribution in [0.15, 0.2) is 6.33 Å². The van der Waals surface area contributed by atoms with Crippen LogP contribution in [0.2, 0.25) is 0 Å². The number of ether oxygens (including phenoxy) is 2. The van der Waals surface area contributed by atoms with E-state index >= 15 is 0 Å². The monoisotopic (exact) mass is 653 g/mol. The summed E-state index contributed by atoms with van der Waals surface area (Å²) in [6.07, 6.45) is -15.0. The Labute approximate surface area is 233 Å². The molecule has 40 heavy (non-hydrogen) atoms. The van der Waals surface area contributed by atoms with Crippen molar-refractivity contribution in [1.29, 1.82) is 0 Å². The molecule has 0 aromatic carbocycles. The van der Waals surface area contributed by atoms with Crippen LogP contribution in [-0.4, -0.2) is 118 Å². The maximum atomic E-state index is 13.9. The van der Waals surface area contributed by atoms with Crippen LogP contribution in [0.1, 0.15) is 11.0 Å². The number of alkyl halides is 1. The number of nitrogens with zero attached hydrogens (tertiary/aromatic N) is 3. The van der Waals surface area contributed by atoms with E-state index in [0.717, 1.165) is 11.5 Å². The molecule has 4 rings (SSSR count). The molecule has 2 fully saturated rings. The summed E-state index contributed by atoms with van der Waals surface area (Å²) in [5.41, 5.74) is 12.4. The molecule has 226 valence electrons. The van der Waals surface area contributed by atoms with Crippen LogP contribution in [0.25, 0.3) is 11.0 Å². The fourth-order valence-electron chi connectivity index (χ4n) is 3.97. The molecule has 0 radical (unpaired) electrons. The third-order valence-electron chi connectivity index (χ3n) is 6.02. The molecule has 18 nitrogen and oxygen atoms in total. The van der Waals surface area contributed by atoms with Crippen molar-refractivity contribution < 1.29 is 67.1 Å². The van der Waals surface area contributed by atoms with E-state index < -0.39 is 89.0 Å². The molecule has 2 aliphatic heterocycles. The molecule has 2 aromatic rings. The van der Waals surface area contributed by atoms with Gasteiger partial charge in [0.1, 0.15) is 60.1 Å². The highest BCUT2D eigenvalue weighted by Crippen LogP contribution is 2.61. The van der Waals surface area contributed by atoms with Gasteiger partial charge >= 0.3 is 14.5 Å². The fourth-order valence-corrected chi connectivity index (χ4v) is 7.97. The van der Waals surface area contributed by atoms with Gasteiger partial charge in [0.25, 0.3) is 0 Å². The summed E-state index contributed by atoms with van der Waals surface area (Å²) in [5.74, 6) is 0.114. The minimum absolute atomic E-state index is 0.114. The van der Waals surface area contributed by atoms with Crippen molar-refractivity contribution in [3.8, 4) is 0 Å². The summed E-state index contributed by atoms with van der Waals surface area (Å²) in [6.45, 7) is -6.41. The molecule has 2 aromatic heterocycles. The predicted molar refractivity (Wildman–Crippen MR) is 134 cm³/mol. The lowest BCUT2D eigenvalue weighted by molar-refractivity contribution is -0.287. The van der Waals surface area contributed by atoms with Crippen LogP contribution in [0, 0.1) is 0 Å². The van der Waals surface area contributed by atoms with Crippen molar-refractivity contribution >= 4 is 54.7 Å². The smallest absolute Gasteiger partial charge is 0.393 e. The second kappa shape index (κ2) is 12.3. The first-order valence-corrected chi connectivity index (χ1v) is 16.1. The Morgan fingerprint density at radius 3 is 2.50 bits per heavy atom. The van der Waals surface area contributed by atoms with E-state index in [1.165, 1.54) is 6.33 Å². The summed E-state index contributed by atoms with van der Waals surface area (Å²) >= 11 is 5.67. The van der Waals surface area contributed by atoms with Crippen molar-refractivity contribution in [3.05, 3.63) is 11.2 Å². The number of halogens is 1. The number of fused-ring (bicyclic) bond motifs is 1. The van der Waals surface area contributed by atoms with Crippen LogP contribution >= 0.6 is 26.1 Å². The lowest BCUT2D eigenvalue weighted by atomic mass is 9.96. The first kappa shape index (κ1) is 32.0. The Morgan fingerprint density at radius 1 is 1.12 bits per heavy atom. The van der Waals surface area contributed by atoms with Crippen LogP contribution in [0.4, 0.5) is 10.2 Å². The first-order valence-electron chi connectivity index (χ1n) is 11.2. The normalized spacial score (nSPS) is 36.8. The quantitative estimate of drug-likeness (QED) is 0.118. The molecule has 0 amide bonds. The SMILES string of the molecule is Nc1ncnc2c([C@@H]3O[C@H](COP(O)(=S)OP(=O)(O)OC4OC([C@@H](F)CO)C(O)C(O)C4O)[C@@H](N)[C@H]3O)snc12. The topological polar surface area (TPSA) is 296 Å². The zero-order valence-corrected chi connectivity index (χ0v) is 23.4. The molecule has 23 heteroatoms. The van der Waals surface area contributed by atoms with Crippen LogP contribution in [-0.2, 0) is 39.2 Å². The maximum absolute atomic E-state index is 13.9. The molecule has 0 aliphatic carbocycles. The van der Waals surface area contributed by atoms with Gasteiger partial charge in [0.2, 0.25) is 0 Å². The Morgan fingerprint density at radius 2 is 1.82 bits per heavy atom. The molecule has 0 saturated carbocycles. The van der Waals surface area contributed by atoms with E-state index in [4.69, 9.17) is 42.4 Å². The van der Waals surface area contributed by atoms with Gasteiger partial charge in [0, 0.05) is 0 Å². The predicted octanol–water partition coefficient (Wildman–Crippen LogP) is -2.70. The number of aromatic nitrogens is 3. The van der Waals surface area contributed by atoms with Gasteiger partial charge in [-0.25, -0.2) is 23.2 Å². The third kappa shape index (κ3) is 6.66. The van der Waals surface area contributed by atoms with Crippen molar-refractivity contribution in [1.82, 2.24) is 14.3 Å². The standard InChI is InChI=1S/C17H26FN5O13P2S2/c18-4(1-24)13-11(27)10(26)12(28)17(34-13)35-37(29,30)36-38(31,39)32-2-5-6(19)9(25)14(33-5)15-7-8(23-40-15)16(20)22-3-21-7/h3-6,9-14,17,24-28H,1-2,19H2,(H,29,30)(H,31,39)(H2,20,21,22)/t4-,5+,6+,9+,10?,11?,12?,13?,14+,17?,38?/m0/s1. The molecule has 12 atom stereocenters. The molecule has 7 unspecified atom stereocenters. The highest BCUT2D eigenvalue weighted by atomic mass is 32.5. The Hall–Kier alpha value is -0.940. The molecule has 0 bridgehead atoms. The van der Waals surface area contributed by atoms with E-state index in [2.05, 4.69) is 23.2 Å². The highest BCUT2D eigenvalue weighted by Gasteiger charge is 2.50. The van der Waals surface area contributed by atoms with Crippen LogP contribution in [0.3, 0.4) is 0 Å². The van der Waals surface area contributed by atoms with Gasteiger partial charge in [0.05, 0.1) is 24.1 Å². The molecular weight excluding hydrogens is 627 g/mol. The van der Waals surface area contributed by atoms with E-state index in [-0.39, 0.29) is 5.82 Å². The first-order chi connectivity index (χ1) is 18.7. The average molecular weight is 653 g/mol. The van der Waals surface area contributed by atoms with Crippen LogP contribution < -0.4 is 11.5 Å². The Balaban J connectivity index is 1.38. The number of nitrogens with two attached hydrogens (primary N) is 2. The summed E-state index contributed by atoms with van der Waals surface area (Å²) in [4.78, 5) is 28.7. The number of hydrogen-bond donors (Lipinski definition) is 9. The summed E-state index contributed by atoms with van der Waals surface area (Å²) in [6, 6.07) is -1.09. The second-order valence-electron chi connectivity index (χ2n) is 8.73.